The Balaban J connectivity index is 1.55. The SMILES string of the molecule is COc1nc(N2CCN(C)CC2)ccc1Nc1ncc(Cl)c(Nc2ccccc2P(C)C)n1. The molecule has 3 heterocycles. The van der Waals surface area contributed by atoms with Crippen LogP contribution in [0.4, 0.5) is 29.0 Å². The first-order valence-corrected chi connectivity index (χ1v) is 13.4. The van der Waals surface area contributed by atoms with E-state index in [1.807, 2.05) is 30.3 Å². The molecule has 0 amide bonds. The van der Waals surface area contributed by atoms with Crippen LogP contribution in [0.15, 0.2) is 42.6 Å². The summed E-state index contributed by atoms with van der Waals surface area (Å²) in [5.41, 5.74) is 1.69. The van der Waals surface area contributed by atoms with Gasteiger partial charge in [-0.2, -0.15) is 9.97 Å². The van der Waals surface area contributed by atoms with Crippen LogP contribution in [-0.4, -0.2) is 73.5 Å². The lowest BCUT2D eigenvalue weighted by molar-refractivity contribution is 0.311. The van der Waals surface area contributed by atoms with Gasteiger partial charge in [-0.3, -0.25) is 0 Å². The number of anilines is 5. The molecule has 1 fully saturated rings. The third-order valence-corrected chi connectivity index (χ3v) is 7.13. The van der Waals surface area contributed by atoms with Gasteiger partial charge in [0.25, 0.3) is 0 Å². The standard InChI is InChI=1S/C23H29ClN7OP/c1-30-11-13-31(14-12-30)20-10-9-18(22(28-20)32-2)27-23-25-15-16(24)21(29-23)26-17-7-5-6-8-19(17)33(3)4/h5-10,15H,11-14H2,1-4H3,(H2,25,26,27,29). The smallest absolute Gasteiger partial charge is 0.239 e. The van der Waals surface area contributed by atoms with E-state index >= 15 is 0 Å². The van der Waals surface area contributed by atoms with Crippen molar-refractivity contribution >= 4 is 53.8 Å². The predicted molar refractivity (Wildman–Crippen MR) is 139 cm³/mol. The number of aromatic nitrogens is 3. The van der Waals surface area contributed by atoms with Crippen LogP contribution >= 0.6 is 19.5 Å². The van der Waals surface area contributed by atoms with Crippen molar-refractivity contribution in [2.75, 3.05) is 69.2 Å². The third-order valence-electron chi connectivity index (χ3n) is 5.50. The molecular weight excluding hydrogens is 457 g/mol. The fraction of sp³-hybridized carbons (Fsp3) is 0.348. The zero-order valence-electron chi connectivity index (χ0n) is 19.3. The van der Waals surface area contributed by atoms with Gasteiger partial charge in [-0.15, -0.1) is 0 Å². The van der Waals surface area contributed by atoms with E-state index in [1.165, 1.54) is 5.30 Å². The molecule has 0 atom stereocenters. The summed E-state index contributed by atoms with van der Waals surface area (Å²) in [6, 6.07) is 12.1. The summed E-state index contributed by atoms with van der Waals surface area (Å²) in [7, 11) is 3.46. The van der Waals surface area contributed by atoms with Crippen molar-refractivity contribution in [3.05, 3.63) is 47.6 Å². The van der Waals surface area contributed by atoms with Gasteiger partial charge in [0, 0.05) is 31.9 Å². The van der Waals surface area contributed by atoms with Gasteiger partial charge < -0.3 is 25.2 Å². The maximum atomic E-state index is 6.40. The second-order valence-corrected chi connectivity index (χ2v) is 10.7. The van der Waals surface area contributed by atoms with E-state index < -0.39 is 0 Å². The number of nitrogens with one attached hydrogen (secondary N) is 2. The van der Waals surface area contributed by atoms with Crippen molar-refractivity contribution in [2.45, 2.75) is 0 Å². The number of rotatable bonds is 7. The number of methoxy groups -OCH3 is 1. The molecule has 33 heavy (non-hydrogen) atoms. The maximum Gasteiger partial charge on any atom is 0.239 e. The Morgan fingerprint density at radius 2 is 1.73 bits per heavy atom. The molecule has 8 nitrogen and oxygen atoms in total. The van der Waals surface area contributed by atoms with E-state index in [1.54, 1.807) is 13.3 Å². The molecule has 0 radical (unpaired) electrons. The Hall–Kier alpha value is -2.67. The molecule has 0 saturated carbocycles. The number of pyridine rings is 1. The number of para-hydroxylation sites is 1. The fourth-order valence-corrected chi connectivity index (χ4v) is 4.76. The summed E-state index contributed by atoms with van der Waals surface area (Å²) < 4.78 is 5.56. The highest BCUT2D eigenvalue weighted by atomic mass is 35.5. The third kappa shape index (κ3) is 5.64. The van der Waals surface area contributed by atoms with Gasteiger partial charge in [-0.25, -0.2) is 4.98 Å². The van der Waals surface area contributed by atoms with E-state index in [0.29, 0.717) is 28.4 Å². The molecule has 0 bridgehead atoms. The molecule has 3 aromatic rings. The number of hydrogen-bond donors (Lipinski definition) is 2. The number of benzene rings is 1. The maximum absolute atomic E-state index is 6.40. The molecule has 174 valence electrons. The lowest BCUT2D eigenvalue weighted by atomic mass is 10.3. The van der Waals surface area contributed by atoms with E-state index in [4.69, 9.17) is 21.3 Å². The molecule has 1 aliphatic heterocycles. The molecule has 1 aromatic carbocycles. The topological polar surface area (TPSA) is 78.4 Å². The van der Waals surface area contributed by atoms with Crippen LogP contribution in [-0.2, 0) is 0 Å². The molecule has 0 unspecified atom stereocenters. The van der Waals surface area contributed by atoms with Crippen LogP contribution in [0.25, 0.3) is 0 Å². The van der Waals surface area contributed by atoms with Gasteiger partial charge >= 0.3 is 0 Å². The summed E-state index contributed by atoms with van der Waals surface area (Å²) in [5.74, 6) is 2.34. The average Bonchev–Trinajstić information content (AvgIpc) is 2.82. The molecule has 1 saturated heterocycles. The minimum Gasteiger partial charge on any atom is -0.479 e. The highest BCUT2D eigenvalue weighted by molar-refractivity contribution is 7.64. The molecule has 2 aromatic heterocycles. The normalized spacial score (nSPS) is 14.4. The Morgan fingerprint density at radius 3 is 2.45 bits per heavy atom. The molecule has 0 aliphatic carbocycles. The fourth-order valence-electron chi connectivity index (χ4n) is 3.63. The van der Waals surface area contributed by atoms with Crippen molar-refractivity contribution < 1.29 is 4.74 Å². The number of ether oxygens (including phenoxy) is 1. The number of halogens is 1. The number of nitrogens with zero attached hydrogens (tertiary/aromatic N) is 5. The first-order chi connectivity index (χ1) is 15.9. The minimum absolute atomic E-state index is 0.284. The number of likely N-dealkylation sites (N-methyl/N-ethyl adjacent to an activating group) is 1. The second-order valence-electron chi connectivity index (χ2n) is 8.07. The van der Waals surface area contributed by atoms with Crippen molar-refractivity contribution in [2.24, 2.45) is 0 Å². The Bertz CT molecular complexity index is 1110. The summed E-state index contributed by atoms with van der Waals surface area (Å²) >= 11 is 6.40. The zero-order valence-corrected chi connectivity index (χ0v) is 21.0. The van der Waals surface area contributed by atoms with Gasteiger partial charge in [-0.1, -0.05) is 37.7 Å². The van der Waals surface area contributed by atoms with E-state index in [-0.39, 0.29) is 7.92 Å². The largest absolute Gasteiger partial charge is 0.479 e. The summed E-state index contributed by atoms with van der Waals surface area (Å²) in [6.45, 7) is 8.34. The molecular formula is C23H29ClN7OP. The first kappa shape index (κ1) is 23.5. The summed E-state index contributed by atoms with van der Waals surface area (Å²) in [4.78, 5) is 18.2. The van der Waals surface area contributed by atoms with Gasteiger partial charge in [0.2, 0.25) is 11.8 Å². The van der Waals surface area contributed by atoms with Crippen molar-refractivity contribution in [1.82, 2.24) is 19.9 Å². The van der Waals surface area contributed by atoms with E-state index in [9.17, 15) is 0 Å². The summed E-state index contributed by atoms with van der Waals surface area (Å²) in [5, 5.41) is 8.29. The molecule has 0 spiro atoms. The van der Waals surface area contributed by atoms with E-state index in [0.717, 1.165) is 37.7 Å². The van der Waals surface area contributed by atoms with Crippen LogP contribution in [0, 0.1) is 0 Å². The molecule has 10 heteroatoms. The van der Waals surface area contributed by atoms with Gasteiger partial charge in [0.15, 0.2) is 5.82 Å². The molecule has 4 rings (SSSR count). The highest BCUT2D eigenvalue weighted by Gasteiger charge is 2.18. The number of hydrogen-bond acceptors (Lipinski definition) is 8. The lowest BCUT2D eigenvalue weighted by Gasteiger charge is -2.33. The quantitative estimate of drug-likeness (QED) is 0.483. The van der Waals surface area contributed by atoms with Crippen LogP contribution in [0.3, 0.4) is 0 Å². The monoisotopic (exact) mass is 485 g/mol. The lowest BCUT2D eigenvalue weighted by Crippen LogP contribution is -2.44. The first-order valence-electron chi connectivity index (χ1n) is 10.8. The zero-order chi connectivity index (χ0) is 23.4. The molecule has 1 aliphatic rings. The van der Waals surface area contributed by atoms with Crippen molar-refractivity contribution in [3.8, 4) is 5.88 Å². The Morgan fingerprint density at radius 1 is 0.970 bits per heavy atom. The minimum atomic E-state index is -0.284. The Kier molecular flexibility index (Phi) is 7.48. The van der Waals surface area contributed by atoms with Crippen LogP contribution in [0.1, 0.15) is 0 Å². The van der Waals surface area contributed by atoms with Crippen LogP contribution < -0.4 is 25.6 Å². The van der Waals surface area contributed by atoms with E-state index in [2.05, 4.69) is 56.8 Å². The van der Waals surface area contributed by atoms with Gasteiger partial charge in [-0.05, 0) is 43.9 Å². The van der Waals surface area contributed by atoms with Crippen LogP contribution in [0.5, 0.6) is 5.88 Å². The summed E-state index contributed by atoms with van der Waals surface area (Å²) in [6.07, 6.45) is 1.58. The average molecular weight is 486 g/mol. The highest BCUT2D eigenvalue weighted by Crippen LogP contribution is 2.32. The van der Waals surface area contributed by atoms with Crippen molar-refractivity contribution in [3.63, 3.8) is 0 Å². The van der Waals surface area contributed by atoms with Crippen LogP contribution in [0.2, 0.25) is 5.02 Å². The number of piperazine rings is 1. The predicted octanol–water partition coefficient (Wildman–Crippen LogP) is 4.14. The van der Waals surface area contributed by atoms with Gasteiger partial charge in [0.05, 0.1) is 13.3 Å². The Labute approximate surface area is 201 Å². The van der Waals surface area contributed by atoms with Crippen molar-refractivity contribution in [1.29, 1.82) is 0 Å². The van der Waals surface area contributed by atoms with Gasteiger partial charge in [0.1, 0.15) is 16.5 Å². The molecule has 2 N–H and O–H groups in total. The second kappa shape index (κ2) is 10.5.